The second-order valence-corrected chi connectivity index (χ2v) is 2.60. The molecule has 63 valence electrons. The van der Waals surface area contributed by atoms with E-state index in [0.717, 1.165) is 29.7 Å². The van der Waals surface area contributed by atoms with Gasteiger partial charge in [-0.2, -0.15) is 0 Å². The molecular weight excluding hydrogens is 148 g/mol. The first-order valence-corrected chi connectivity index (χ1v) is 4.05. The van der Waals surface area contributed by atoms with Crippen molar-refractivity contribution < 1.29 is 5.11 Å². The molecule has 0 saturated carbocycles. The van der Waals surface area contributed by atoms with E-state index in [-0.39, 0.29) is 0 Å². The molecule has 0 aliphatic carbocycles. The highest BCUT2D eigenvalue weighted by Gasteiger charge is 2.02. The van der Waals surface area contributed by atoms with Crippen LogP contribution in [0.25, 0.3) is 6.08 Å². The Hall–Kier alpha value is -1.08. The average Bonchev–Trinajstić information content (AvgIpc) is 2.16. The van der Waals surface area contributed by atoms with Gasteiger partial charge in [0, 0.05) is 0 Å². The van der Waals surface area contributed by atoms with Gasteiger partial charge in [0.1, 0.15) is 6.61 Å². The molecule has 1 N–H and O–H groups in total. The van der Waals surface area contributed by atoms with Crippen LogP contribution in [0.3, 0.4) is 0 Å². The first kappa shape index (κ1) is 9.01. The molecule has 0 aromatic heterocycles. The summed E-state index contributed by atoms with van der Waals surface area (Å²) in [5.41, 5.74) is 3.13. The lowest BCUT2D eigenvalue weighted by Crippen LogP contribution is -1.93. The summed E-state index contributed by atoms with van der Waals surface area (Å²) < 4.78 is 0. The standard InChI is InChI=1S/C11H13O/c1-3-9-6-5-7-10(8-12)11(9)4-2/h3,5-8,12H,1,4H2,2H3. The fourth-order valence-electron chi connectivity index (χ4n) is 1.34. The third kappa shape index (κ3) is 1.56. The van der Waals surface area contributed by atoms with E-state index in [1.54, 1.807) is 0 Å². The van der Waals surface area contributed by atoms with E-state index >= 15 is 0 Å². The first-order valence-electron chi connectivity index (χ1n) is 4.05. The third-order valence-corrected chi connectivity index (χ3v) is 1.96. The van der Waals surface area contributed by atoms with Crippen LogP contribution in [0.4, 0.5) is 0 Å². The Balaban J connectivity index is 3.21. The molecule has 0 heterocycles. The molecule has 1 aromatic rings. The minimum atomic E-state index is 0.884. The highest BCUT2D eigenvalue weighted by atomic mass is 16.3. The smallest absolute Gasteiger partial charge is 0.109 e. The van der Waals surface area contributed by atoms with E-state index in [9.17, 15) is 0 Å². The Morgan fingerprint density at radius 1 is 1.42 bits per heavy atom. The Labute approximate surface area is 73.4 Å². The van der Waals surface area contributed by atoms with Crippen molar-refractivity contribution in [2.24, 2.45) is 0 Å². The molecule has 0 aliphatic rings. The van der Waals surface area contributed by atoms with Crippen molar-refractivity contribution in [1.29, 1.82) is 0 Å². The topological polar surface area (TPSA) is 20.2 Å². The van der Waals surface area contributed by atoms with Crippen LogP contribution in [-0.4, -0.2) is 5.11 Å². The van der Waals surface area contributed by atoms with Gasteiger partial charge in [0.2, 0.25) is 0 Å². The van der Waals surface area contributed by atoms with Crippen LogP contribution in [0, 0.1) is 6.61 Å². The Morgan fingerprint density at radius 2 is 2.08 bits per heavy atom. The van der Waals surface area contributed by atoms with Crippen molar-refractivity contribution in [2.75, 3.05) is 0 Å². The lowest BCUT2D eigenvalue weighted by Gasteiger charge is -2.07. The van der Waals surface area contributed by atoms with E-state index in [1.807, 2.05) is 24.3 Å². The molecule has 0 fully saturated rings. The summed E-state index contributed by atoms with van der Waals surface area (Å²) in [6, 6.07) is 5.81. The quantitative estimate of drug-likeness (QED) is 0.722. The Kier molecular flexibility index (Phi) is 3.06. The lowest BCUT2D eigenvalue weighted by molar-refractivity contribution is 0.414. The molecule has 0 aliphatic heterocycles. The van der Waals surface area contributed by atoms with Gasteiger partial charge in [0.25, 0.3) is 0 Å². The minimum Gasteiger partial charge on any atom is -0.385 e. The number of hydrogen-bond acceptors (Lipinski definition) is 1. The summed E-state index contributed by atoms with van der Waals surface area (Å²) in [5, 5.41) is 8.91. The van der Waals surface area contributed by atoms with E-state index in [1.165, 1.54) is 0 Å². The van der Waals surface area contributed by atoms with Crippen LogP contribution in [0.1, 0.15) is 23.6 Å². The van der Waals surface area contributed by atoms with E-state index in [2.05, 4.69) is 13.5 Å². The number of aliphatic hydroxyl groups excluding tert-OH is 1. The Morgan fingerprint density at radius 3 is 2.58 bits per heavy atom. The molecule has 0 saturated heterocycles. The highest BCUT2D eigenvalue weighted by Crippen LogP contribution is 2.17. The van der Waals surface area contributed by atoms with Gasteiger partial charge in [-0.1, -0.05) is 37.8 Å². The summed E-state index contributed by atoms with van der Waals surface area (Å²) in [6.45, 7) is 6.93. The number of hydrogen-bond donors (Lipinski definition) is 1. The van der Waals surface area contributed by atoms with E-state index in [0.29, 0.717) is 0 Å². The second kappa shape index (κ2) is 4.07. The zero-order valence-corrected chi connectivity index (χ0v) is 7.25. The van der Waals surface area contributed by atoms with Crippen LogP contribution >= 0.6 is 0 Å². The molecule has 0 atom stereocenters. The van der Waals surface area contributed by atoms with Crippen LogP contribution in [-0.2, 0) is 6.42 Å². The minimum absolute atomic E-state index is 0.884. The Bertz CT molecular complexity index is 276. The van der Waals surface area contributed by atoms with Gasteiger partial charge in [-0.05, 0) is 23.1 Å². The zero-order chi connectivity index (χ0) is 8.97. The summed E-state index contributed by atoms with van der Waals surface area (Å²) in [5.74, 6) is 0. The molecule has 1 heteroatoms. The van der Waals surface area contributed by atoms with Crippen molar-refractivity contribution in [3.05, 3.63) is 48.1 Å². The SMILES string of the molecule is C=Cc1cccc([CH]O)c1CC. The highest BCUT2D eigenvalue weighted by molar-refractivity contribution is 5.55. The van der Waals surface area contributed by atoms with Crippen LogP contribution in [0.2, 0.25) is 0 Å². The number of aliphatic hydroxyl groups is 1. The molecule has 0 amide bonds. The molecule has 1 radical (unpaired) electrons. The maximum Gasteiger partial charge on any atom is 0.109 e. The summed E-state index contributed by atoms with van der Waals surface area (Å²) >= 11 is 0. The van der Waals surface area contributed by atoms with Crippen molar-refractivity contribution in [3.63, 3.8) is 0 Å². The van der Waals surface area contributed by atoms with Gasteiger partial charge < -0.3 is 5.11 Å². The van der Waals surface area contributed by atoms with Gasteiger partial charge in [0.15, 0.2) is 0 Å². The van der Waals surface area contributed by atoms with Crippen molar-refractivity contribution in [3.8, 4) is 0 Å². The molecular formula is C11H13O. The van der Waals surface area contributed by atoms with E-state index < -0.39 is 0 Å². The van der Waals surface area contributed by atoms with Gasteiger partial charge in [-0.25, -0.2) is 0 Å². The van der Waals surface area contributed by atoms with Gasteiger partial charge in [-0.15, -0.1) is 0 Å². The number of rotatable bonds is 3. The molecule has 1 nitrogen and oxygen atoms in total. The molecule has 0 unspecified atom stereocenters. The predicted molar refractivity (Wildman–Crippen MR) is 51.2 cm³/mol. The van der Waals surface area contributed by atoms with Gasteiger partial charge in [0.05, 0.1) is 0 Å². The van der Waals surface area contributed by atoms with Crippen molar-refractivity contribution >= 4 is 6.08 Å². The summed E-state index contributed by atoms with van der Waals surface area (Å²) in [6.07, 6.45) is 2.72. The summed E-state index contributed by atoms with van der Waals surface area (Å²) in [7, 11) is 0. The fraction of sp³-hybridized carbons (Fsp3) is 0.182. The molecule has 0 spiro atoms. The zero-order valence-electron chi connectivity index (χ0n) is 7.25. The molecule has 1 aromatic carbocycles. The number of benzene rings is 1. The maximum atomic E-state index is 8.91. The van der Waals surface area contributed by atoms with Crippen LogP contribution in [0.15, 0.2) is 24.8 Å². The van der Waals surface area contributed by atoms with Crippen LogP contribution < -0.4 is 0 Å². The van der Waals surface area contributed by atoms with Gasteiger partial charge >= 0.3 is 0 Å². The molecule has 12 heavy (non-hydrogen) atoms. The van der Waals surface area contributed by atoms with Crippen molar-refractivity contribution in [1.82, 2.24) is 0 Å². The third-order valence-electron chi connectivity index (χ3n) is 1.96. The monoisotopic (exact) mass is 161 g/mol. The average molecular weight is 161 g/mol. The first-order chi connectivity index (χ1) is 5.83. The predicted octanol–water partition coefficient (Wildman–Crippen LogP) is 2.77. The fourth-order valence-corrected chi connectivity index (χ4v) is 1.34. The van der Waals surface area contributed by atoms with E-state index in [4.69, 9.17) is 5.11 Å². The lowest BCUT2D eigenvalue weighted by atomic mass is 9.99. The van der Waals surface area contributed by atoms with Gasteiger partial charge in [-0.3, -0.25) is 0 Å². The summed E-state index contributed by atoms with van der Waals surface area (Å²) in [4.78, 5) is 0. The van der Waals surface area contributed by atoms with Crippen LogP contribution in [0.5, 0.6) is 0 Å². The molecule has 0 bridgehead atoms. The second-order valence-electron chi connectivity index (χ2n) is 2.60. The maximum absolute atomic E-state index is 8.91. The van der Waals surface area contributed by atoms with Crippen molar-refractivity contribution in [2.45, 2.75) is 13.3 Å². The normalized spacial score (nSPS) is 9.83. The molecule has 1 rings (SSSR count). The largest absolute Gasteiger partial charge is 0.385 e.